The summed E-state index contributed by atoms with van der Waals surface area (Å²) in [6, 6.07) is 5.31. The van der Waals surface area contributed by atoms with E-state index in [4.69, 9.17) is 9.47 Å². The number of nitrogens with zero attached hydrogens (tertiary/aromatic N) is 1. The molecule has 8 nitrogen and oxygen atoms in total. The van der Waals surface area contributed by atoms with E-state index in [1.165, 1.54) is 18.4 Å². The number of hydrogen-bond donors (Lipinski definition) is 2. The minimum Gasteiger partial charge on any atom is -0.494 e. The fourth-order valence-corrected chi connectivity index (χ4v) is 3.65. The number of rotatable bonds is 6. The zero-order valence-corrected chi connectivity index (χ0v) is 18.8. The van der Waals surface area contributed by atoms with Crippen LogP contribution in [0.25, 0.3) is 6.08 Å². The van der Waals surface area contributed by atoms with Crippen molar-refractivity contribution in [1.29, 1.82) is 0 Å². The van der Waals surface area contributed by atoms with Gasteiger partial charge in [0.25, 0.3) is 0 Å². The van der Waals surface area contributed by atoms with Crippen LogP contribution in [0.4, 0.5) is 11.4 Å². The highest BCUT2D eigenvalue weighted by Gasteiger charge is 2.23. The highest BCUT2D eigenvalue weighted by molar-refractivity contribution is 7.90. The number of esters is 1. The van der Waals surface area contributed by atoms with Gasteiger partial charge in [-0.3, -0.25) is 0 Å². The number of sulfone groups is 1. The first kappa shape index (κ1) is 23.3. The van der Waals surface area contributed by atoms with E-state index in [1.807, 2.05) is 7.05 Å². The van der Waals surface area contributed by atoms with Crippen LogP contribution in [0.15, 0.2) is 35.5 Å². The normalized spacial score (nSPS) is 12.8. The number of carbonyl (C=O) groups excluding carboxylic acids is 1. The minimum absolute atomic E-state index is 0.266. The molecular formula is C21H29N3O5S. The fourth-order valence-electron chi connectivity index (χ4n) is 3.04. The van der Waals surface area contributed by atoms with Gasteiger partial charge in [-0.2, -0.15) is 0 Å². The summed E-state index contributed by atoms with van der Waals surface area (Å²) in [7, 11) is 0.668. The molecule has 2 N–H and O–H groups in total. The van der Waals surface area contributed by atoms with Gasteiger partial charge in [-0.05, 0) is 43.2 Å². The quantitative estimate of drug-likeness (QED) is 0.531. The average Bonchev–Trinajstić information content (AvgIpc) is 3.36. The molecule has 0 unspecified atom stereocenters. The number of anilines is 2. The second-order valence-electron chi connectivity index (χ2n) is 6.66. The molecule has 0 radical (unpaired) electrons. The molecule has 2 aromatic rings. The molecule has 0 atom stereocenters. The monoisotopic (exact) mass is 435 g/mol. The molecule has 2 heterocycles. The van der Waals surface area contributed by atoms with Crippen molar-refractivity contribution in [2.75, 3.05) is 43.9 Å². The molecule has 1 aliphatic rings. The second kappa shape index (κ2) is 10.2. The number of aromatic amines is 1. The Bertz CT molecular complexity index is 998. The van der Waals surface area contributed by atoms with Gasteiger partial charge >= 0.3 is 5.97 Å². The number of aryl methyl sites for hydroxylation is 1. The Morgan fingerprint density at radius 2 is 2.07 bits per heavy atom. The van der Waals surface area contributed by atoms with E-state index >= 15 is 0 Å². The van der Waals surface area contributed by atoms with Crippen LogP contribution in [-0.4, -0.2) is 53.1 Å². The molecule has 1 aliphatic heterocycles. The summed E-state index contributed by atoms with van der Waals surface area (Å²) in [6.07, 6.45) is 6.83. The summed E-state index contributed by atoms with van der Waals surface area (Å²) >= 11 is 0. The number of fused-ring (bicyclic) bond motifs is 1. The third-order valence-corrected chi connectivity index (χ3v) is 5.57. The smallest absolute Gasteiger partial charge is 0.330 e. The van der Waals surface area contributed by atoms with E-state index in [1.54, 1.807) is 32.4 Å². The second-order valence-corrected chi connectivity index (χ2v) is 8.64. The SMILES string of the molecule is CCOC(=O)/C=C/c1c(CC)cc2c(c1OC)NCN2C.CS(=O)(=O)c1ccc[nH]1. The van der Waals surface area contributed by atoms with Crippen molar-refractivity contribution >= 4 is 33.3 Å². The molecule has 0 saturated heterocycles. The Morgan fingerprint density at radius 3 is 2.57 bits per heavy atom. The molecule has 0 bridgehead atoms. The van der Waals surface area contributed by atoms with Crippen LogP contribution in [0.1, 0.15) is 25.0 Å². The Balaban J connectivity index is 0.000000297. The number of ether oxygens (including phenoxy) is 2. The van der Waals surface area contributed by atoms with Gasteiger partial charge in [-0.25, -0.2) is 13.2 Å². The van der Waals surface area contributed by atoms with Crippen molar-refractivity contribution in [3.63, 3.8) is 0 Å². The highest BCUT2D eigenvalue weighted by Crippen LogP contribution is 2.43. The summed E-state index contributed by atoms with van der Waals surface area (Å²) < 4.78 is 31.8. The lowest BCUT2D eigenvalue weighted by molar-refractivity contribution is -0.137. The molecule has 1 aromatic carbocycles. The van der Waals surface area contributed by atoms with Crippen molar-refractivity contribution < 1.29 is 22.7 Å². The number of benzene rings is 1. The van der Waals surface area contributed by atoms with Crippen LogP contribution < -0.4 is 15.0 Å². The molecule has 3 rings (SSSR count). The topological polar surface area (TPSA) is 101 Å². The van der Waals surface area contributed by atoms with E-state index in [0.717, 1.165) is 41.3 Å². The van der Waals surface area contributed by atoms with Crippen LogP contribution in [-0.2, 0) is 25.8 Å². The summed E-state index contributed by atoms with van der Waals surface area (Å²) in [5, 5.41) is 3.59. The van der Waals surface area contributed by atoms with Gasteiger partial charge in [0.15, 0.2) is 15.6 Å². The third kappa shape index (κ3) is 5.56. The molecule has 0 saturated carbocycles. The zero-order chi connectivity index (χ0) is 22.3. The number of nitrogens with one attached hydrogen (secondary N) is 2. The first-order valence-corrected chi connectivity index (χ1v) is 11.5. The lowest BCUT2D eigenvalue weighted by Crippen LogP contribution is -2.15. The maximum atomic E-state index is 11.5. The molecule has 30 heavy (non-hydrogen) atoms. The maximum Gasteiger partial charge on any atom is 0.330 e. The van der Waals surface area contributed by atoms with Crippen molar-refractivity contribution in [2.45, 2.75) is 25.3 Å². The van der Waals surface area contributed by atoms with Crippen LogP contribution in [0.2, 0.25) is 0 Å². The first-order chi connectivity index (χ1) is 14.2. The Hall–Kier alpha value is -2.94. The molecule has 9 heteroatoms. The van der Waals surface area contributed by atoms with Crippen LogP contribution in [0, 0.1) is 0 Å². The molecule has 0 aliphatic carbocycles. The number of aromatic nitrogens is 1. The van der Waals surface area contributed by atoms with Crippen molar-refractivity contribution in [1.82, 2.24) is 4.98 Å². The third-order valence-electron chi connectivity index (χ3n) is 4.52. The van der Waals surface area contributed by atoms with Gasteiger partial charge in [0.2, 0.25) is 0 Å². The Morgan fingerprint density at radius 1 is 1.33 bits per heavy atom. The van der Waals surface area contributed by atoms with Gasteiger partial charge in [-0.1, -0.05) is 6.92 Å². The van der Waals surface area contributed by atoms with Gasteiger partial charge in [0.1, 0.15) is 10.7 Å². The molecular weight excluding hydrogens is 406 g/mol. The molecule has 0 amide bonds. The average molecular weight is 436 g/mol. The lowest BCUT2D eigenvalue weighted by atomic mass is 10.0. The van der Waals surface area contributed by atoms with E-state index < -0.39 is 9.84 Å². The maximum absolute atomic E-state index is 11.5. The summed E-state index contributed by atoms with van der Waals surface area (Å²) in [6.45, 7) is 5.00. The van der Waals surface area contributed by atoms with Gasteiger partial charge in [0.05, 0.1) is 26.1 Å². The summed E-state index contributed by atoms with van der Waals surface area (Å²) in [5.74, 6) is 0.432. The molecule has 0 fully saturated rings. The molecule has 1 aromatic heterocycles. The van der Waals surface area contributed by atoms with Crippen LogP contribution >= 0.6 is 0 Å². The van der Waals surface area contributed by atoms with Crippen LogP contribution in [0.3, 0.4) is 0 Å². The summed E-state index contributed by atoms with van der Waals surface area (Å²) in [4.78, 5) is 16.3. The van der Waals surface area contributed by atoms with E-state index in [0.29, 0.717) is 6.61 Å². The van der Waals surface area contributed by atoms with Gasteiger partial charge in [-0.15, -0.1) is 0 Å². The number of methoxy groups -OCH3 is 1. The standard InChI is InChI=1S/C16H22N2O3.C5H7NO2S/c1-5-11-9-13-15(17-10-18(13)3)16(20-4)12(11)7-8-14(19)21-6-2;1-9(7,8)5-3-2-4-6-5/h7-9,17H,5-6,10H2,1-4H3;2-4,6H,1H3/b8-7+;. The number of hydrogen-bond acceptors (Lipinski definition) is 7. The zero-order valence-electron chi connectivity index (χ0n) is 18.0. The fraction of sp³-hybridized carbons (Fsp3) is 0.381. The first-order valence-electron chi connectivity index (χ1n) is 9.60. The predicted octanol–water partition coefficient (Wildman–Crippen LogP) is 3.07. The molecule has 164 valence electrons. The van der Waals surface area contributed by atoms with Gasteiger partial charge < -0.3 is 24.7 Å². The minimum atomic E-state index is -3.02. The highest BCUT2D eigenvalue weighted by atomic mass is 32.2. The van der Waals surface area contributed by atoms with E-state index in [9.17, 15) is 13.2 Å². The summed E-state index contributed by atoms with van der Waals surface area (Å²) in [5.41, 5.74) is 4.16. The van der Waals surface area contributed by atoms with E-state index in [-0.39, 0.29) is 11.0 Å². The van der Waals surface area contributed by atoms with Crippen molar-refractivity contribution in [3.8, 4) is 5.75 Å². The Kier molecular flexibility index (Phi) is 7.93. The van der Waals surface area contributed by atoms with Gasteiger partial charge in [0, 0.05) is 31.1 Å². The van der Waals surface area contributed by atoms with Crippen LogP contribution in [0.5, 0.6) is 5.75 Å². The number of H-pyrrole nitrogens is 1. The number of carbonyl (C=O) groups is 1. The predicted molar refractivity (Wildman–Crippen MR) is 119 cm³/mol. The largest absolute Gasteiger partial charge is 0.494 e. The van der Waals surface area contributed by atoms with E-state index in [2.05, 4.69) is 28.2 Å². The Labute approximate surface area is 177 Å². The van der Waals surface area contributed by atoms with Crippen molar-refractivity contribution in [2.24, 2.45) is 0 Å². The molecule has 0 spiro atoms. The lowest BCUT2D eigenvalue weighted by Gasteiger charge is -2.16. The van der Waals surface area contributed by atoms with Crippen molar-refractivity contribution in [3.05, 3.63) is 41.6 Å².